The molecule has 10 heavy (non-hydrogen) atoms. The maximum atomic E-state index is 8.42. The first-order valence-electron chi connectivity index (χ1n) is 2.73. The molecule has 0 fully saturated rings. The fraction of sp³-hybridized carbons (Fsp3) is 0.125. The van der Waals surface area contributed by atoms with Gasteiger partial charge >= 0.3 is 0 Å². The molecule has 0 radical (unpaired) electrons. The third kappa shape index (κ3) is 2.65. The van der Waals surface area contributed by atoms with Crippen molar-refractivity contribution in [3.8, 4) is 6.07 Å². The van der Waals surface area contributed by atoms with Crippen molar-refractivity contribution in [3.63, 3.8) is 0 Å². The fourth-order valence-electron chi connectivity index (χ4n) is 0.440. The van der Waals surface area contributed by atoms with Crippen molar-refractivity contribution < 1.29 is 0 Å². The van der Waals surface area contributed by atoms with E-state index >= 15 is 0 Å². The van der Waals surface area contributed by atoms with Gasteiger partial charge in [0.1, 0.15) is 0 Å². The average Bonchev–Trinajstić information content (AvgIpc) is 1.99. The Morgan fingerprint density at radius 2 is 2.30 bits per heavy atom. The van der Waals surface area contributed by atoms with E-state index in [1.54, 1.807) is 12.2 Å². The van der Waals surface area contributed by atoms with Crippen molar-refractivity contribution in [1.82, 2.24) is 0 Å². The molecule has 2 heteroatoms. The lowest BCUT2D eigenvalue weighted by molar-refractivity contribution is 1.43. The highest BCUT2D eigenvalue weighted by atomic mass is 79.9. The first-order valence-corrected chi connectivity index (χ1v) is 3.85. The quantitative estimate of drug-likeness (QED) is 0.388. The van der Waals surface area contributed by atoms with Gasteiger partial charge in [0.15, 0.2) is 0 Å². The molecule has 0 bridgehead atoms. The third-order valence-corrected chi connectivity index (χ3v) is 1.59. The zero-order chi connectivity index (χ0) is 7.98. The summed E-state index contributed by atoms with van der Waals surface area (Å²) in [4.78, 5) is 0. The largest absolute Gasteiger partial charge is 0.192 e. The normalized spacial score (nSPS) is 10.2. The van der Waals surface area contributed by atoms with E-state index in [4.69, 9.17) is 5.26 Å². The molecule has 0 aliphatic carbocycles. The molecule has 1 nitrogen and oxygen atoms in total. The summed E-state index contributed by atoms with van der Waals surface area (Å²) in [6, 6.07) is 1.96. The van der Waals surface area contributed by atoms with Crippen molar-refractivity contribution in [1.29, 1.82) is 5.26 Å². The molecule has 0 N–H and O–H groups in total. The molecular formula is C8H8BrN. The Labute approximate surface area is 69.5 Å². The van der Waals surface area contributed by atoms with Gasteiger partial charge in [-0.05, 0) is 5.57 Å². The molecule has 0 atom stereocenters. The highest BCUT2D eigenvalue weighted by molar-refractivity contribution is 9.09. The number of rotatable bonds is 3. The number of allylic oxidation sites excluding steroid dienone is 4. The van der Waals surface area contributed by atoms with Gasteiger partial charge in [-0.2, -0.15) is 5.26 Å². The molecular weight excluding hydrogens is 190 g/mol. The molecule has 0 aliphatic rings. The minimum absolute atomic E-state index is 0.483. The summed E-state index contributed by atoms with van der Waals surface area (Å²) in [5.74, 6) is 0. The van der Waals surface area contributed by atoms with Crippen LogP contribution in [0.25, 0.3) is 0 Å². The van der Waals surface area contributed by atoms with E-state index in [0.717, 1.165) is 5.57 Å². The van der Waals surface area contributed by atoms with Crippen LogP contribution in [0.3, 0.4) is 0 Å². The van der Waals surface area contributed by atoms with Crippen LogP contribution in [0.4, 0.5) is 0 Å². The van der Waals surface area contributed by atoms with Gasteiger partial charge in [-0.15, -0.1) is 0 Å². The minimum atomic E-state index is 0.483. The van der Waals surface area contributed by atoms with E-state index in [9.17, 15) is 0 Å². The van der Waals surface area contributed by atoms with Crippen molar-refractivity contribution in [2.24, 2.45) is 0 Å². The summed E-state index contributed by atoms with van der Waals surface area (Å²) < 4.78 is 0. The Bertz CT molecular complexity index is 208. The van der Waals surface area contributed by atoms with Crippen molar-refractivity contribution in [2.75, 3.05) is 5.33 Å². The highest BCUT2D eigenvalue weighted by Crippen LogP contribution is 2.09. The monoisotopic (exact) mass is 197 g/mol. The lowest BCUT2D eigenvalue weighted by Gasteiger charge is -1.95. The summed E-state index contributed by atoms with van der Waals surface area (Å²) in [6.45, 7) is 7.07. The smallest absolute Gasteiger partial charge is 0.0988 e. The second kappa shape index (κ2) is 5.01. The summed E-state index contributed by atoms with van der Waals surface area (Å²) in [5, 5.41) is 9.06. The van der Waals surface area contributed by atoms with Crippen LogP contribution in [0.15, 0.2) is 36.5 Å². The maximum Gasteiger partial charge on any atom is 0.0988 e. The lowest BCUT2D eigenvalue weighted by atomic mass is 10.1. The average molecular weight is 198 g/mol. The van der Waals surface area contributed by atoms with Gasteiger partial charge in [0.05, 0.1) is 6.07 Å². The molecule has 0 amide bonds. The first-order chi connectivity index (χ1) is 4.76. The Kier molecular flexibility index (Phi) is 4.61. The zero-order valence-corrected chi connectivity index (χ0v) is 7.19. The number of alkyl halides is 1. The molecule has 0 aromatic carbocycles. The van der Waals surface area contributed by atoms with Crippen LogP contribution in [0.2, 0.25) is 0 Å². The van der Waals surface area contributed by atoms with E-state index in [0.29, 0.717) is 10.9 Å². The first kappa shape index (κ1) is 9.19. The number of nitrogens with zero attached hydrogens (tertiary/aromatic N) is 1. The topological polar surface area (TPSA) is 23.8 Å². The Hall–Kier alpha value is -0.810. The predicted octanol–water partition coefficient (Wildman–Crippen LogP) is 2.57. The summed E-state index contributed by atoms with van der Waals surface area (Å²) >= 11 is 3.23. The molecule has 0 aliphatic heterocycles. The van der Waals surface area contributed by atoms with E-state index in [2.05, 4.69) is 29.1 Å². The number of hydrogen-bond donors (Lipinski definition) is 0. The van der Waals surface area contributed by atoms with E-state index in [1.165, 1.54) is 0 Å². The summed E-state index contributed by atoms with van der Waals surface area (Å²) in [7, 11) is 0. The molecule has 0 unspecified atom stereocenters. The Morgan fingerprint density at radius 3 is 2.60 bits per heavy atom. The number of nitriles is 1. The molecule has 0 heterocycles. The third-order valence-electron chi connectivity index (χ3n) is 0.986. The zero-order valence-electron chi connectivity index (χ0n) is 5.60. The minimum Gasteiger partial charge on any atom is -0.192 e. The van der Waals surface area contributed by atoms with Crippen LogP contribution in [0.5, 0.6) is 0 Å². The molecule has 0 aromatic rings. The van der Waals surface area contributed by atoms with Gasteiger partial charge < -0.3 is 0 Å². The Morgan fingerprint density at radius 1 is 1.70 bits per heavy atom. The van der Waals surface area contributed by atoms with Crippen LogP contribution in [0, 0.1) is 11.3 Å². The van der Waals surface area contributed by atoms with Crippen LogP contribution < -0.4 is 0 Å². The van der Waals surface area contributed by atoms with Gasteiger partial charge in [-0.25, -0.2) is 0 Å². The van der Waals surface area contributed by atoms with E-state index in [-0.39, 0.29) is 0 Å². The lowest BCUT2D eigenvalue weighted by Crippen LogP contribution is -1.85. The van der Waals surface area contributed by atoms with Crippen molar-refractivity contribution in [2.45, 2.75) is 0 Å². The van der Waals surface area contributed by atoms with Crippen molar-refractivity contribution in [3.05, 3.63) is 36.5 Å². The maximum absolute atomic E-state index is 8.42. The number of hydrogen-bond acceptors (Lipinski definition) is 1. The van der Waals surface area contributed by atoms with Crippen molar-refractivity contribution >= 4 is 15.9 Å². The molecule has 0 saturated carbocycles. The van der Waals surface area contributed by atoms with Gasteiger partial charge in [-0.1, -0.05) is 41.2 Å². The second-order valence-corrected chi connectivity index (χ2v) is 2.21. The predicted molar refractivity (Wildman–Crippen MR) is 46.8 cm³/mol. The van der Waals surface area contributed by atoms with Crippen LogP contribution in [-0.2, 0) is 0 Å². The van der Waals surface area contributed by atoms with Gasteiger partial charge in [0, 0.05) is 10.9 Å². The molecule has 52 valence electrons. The molecule has 0 rings (SSSR count). The molecule has 0 aromatic heterocycles. The summed E-state index contributed by atoms with van der Waals surface area (Å²) in [5.41, 5.74) is 1.36. The summed E-state index contributed by atoms with van der Waals surface area (Å²) in [6.07, 6.45) is 3.40. The Balaban J connectivity index is 4.39. The van der Waals surface area contributed by atoms with Gasteiger partial charge in [-0.3, -0.25) is 0 Å². The number of halogens is 1. The van der Waals surface area contributed by atoms with Gasteiger partial charge in [0.25, 0.3) is 0 Å². The fourth-order valence-corrected chi connectivity index (χ4v) is 0.965. The second-order valence-electron chi connectivity index (χ2n) is 1.65. The van der Waals surface area contributed by atoms with Crippen LogP contribution >= 0.6 is 15.9 Å². The van der Waals surface area contributed by atoms with Crippen LogP contribution in [0.1, 0.15) is 0 Å². The van der Waals surface area contributed by atoms with E-state index in [1.807, 2.05) is 6.07 Å². The molecule has 0 saturated heterocycles. The van der Waals surface area contributed by atoms with Gasteiger partial charge in [0.2, 0.25) is 0 Å². The standard InChI is InChI=1S/C8H8BrN/c1-3-4-8(5-9)7(2)6-10/h3-4H,1-2,5H2/b8-4-. The molecule has 0 spiro atoms. The SMILES string of the molecule is C=C/C=C(/CBr)C(=C)C#N. The highest BCUT2D eigenvalue weighted by Gasteiger charge is 1.96. The van der Waals surface area contributed by atoms with Crippen LogP contribution in [-0.4, -0.2) is 5.33 Å². The van der Waals surface area contributed by atoms with E-state index < -0.39 is 0 Å².